The smallest absolute Gasteiger partial charge is 0.227 e. The first-order valence-corrected chi connectivity index (χ1v) is 11.4. The molecule has 156 valence electrons. The first-order valence-electron chi connectivity index (χ1n) is 9.78. The van der Waals surface area contributed by atoms with Crippen molar-refractivity contribution in [2.24, 2.45) is 5.92 Å². The number of hydrogen-bond donors (Lipinski definition) is 1. The van der Waals surface area contributed by atoms with E-state index in [1.807, 2.05) is 30.3 Å². The third-order valence-electron chi connectivity index (χ3n) is 5.19. The molecule has 1 aliphatic rings. The van der Waals surface area contributed by atoms with Gasteiger partial charge in [0, 0.05) is 31.4 Å². The molecule has 2 aromatic heterocycles. The second-order valence-corrected chi connectivity index (χ2v) is 9.25. The van der Waals surface area contributed by atoms with Crippen LogP contribution in [0.5, 0.6) is 0 Å². The maximum atomic E-state index is 12.7. The Labute approximate surface area is 175 Å². The fourth-order valence-corrected chi connectivity index (χ4v) is 5.09. The van der Waals surface area contributed by atoms with Gasteiger partial charge in [0.15, 0.2) is 0 Å². The van der Waals surface area contributed by atoms with E-state index in [9.17, 15) is 13.2 Å². The lowest BCUT2D eigenvalue weighted by molar-refractivity contribution is -0.120. The van der Waals surface area contributed by atoms with Crippen LogP contribution in [0.2, 0.25) is 0 Å². The van der Waals surface area contributed by atoms with Crippen LogP contribution in [-0.4, -0.2) is 46.3 Å². The van der Waals surface area contributed by atoms with Crippen molar-refractivity contribution in [2.45, 2.75) is 18.6 Å². The van der Waals surface area contributed by atoms with E-state index in [2.05, 4.69) is 15.3 Å². The number of amides is 1. The summed E-state index contributed by atoms with van der Waals surface area (Å²) in [5, 5.41) is 2.88. The van der Waals surface area contributed by atoms with E-state index in [1.54, 1.807) is 41.6 Å². The molecule has 0 atom stereocenters. The van der Waals surface area contributed by atoms with E-state index < -0.39 is 10.0 Å². The Balaban J connectivity index is 1.31. The van der Waals surface area contributed by atoms with Gasteiger partial charge in [-0.2, -0.15) is 0 Å². The van der Waals surface area contributed by atoms with Crippen molar-refractivity contribution in [1.29, 1.82) is 0 Å². The van der Waals surface area contributed by atoms with Crippen LogP contribution in [0, 0.1) is 5.92 Å². The Morgan fingerprint density at radius 2 is 1.87 bits per heavy atom. The quantitative estimate of drug-likeness (QED) is 0.654. The molecule has 1 saturated heterocycles. The monoisotopic (exact) mass is 425 g/mol. The highest BCUT2D eigenvalue weighted by Gasteiger charge is 2.31. The summed E-state index contributed by atoms with van der Waals surface area (Å²) in [7, 11) is -3.39. The van der Waals surface area contributed by atoms with E-state index in [1.165, 1.54) is 4.31 Å². The first-order chi connectivity index (χ1) is 14.5. The number of anilines is 1. The lowest BCUT2D eigenvalue weighted by Crippen LogP contribution is -2.41. The van der Waals surface area contributed by atoms with E-state index in [0.717, 1.165) is 5.56 Å². The number of imidazole rings is 1. The van der Waals surface area contributed by atoms with Gasteiger partial charge in [-0.25, -0.2) is 22.7 Å². The number of nitrogens with zero attached hydrogens (tertiary/aromatic N) is 4. The Kier molecular flexibility index (Phi) is 5.91. The number of carbonyl (C=O) groups excluding carboxylic acids is 1. The standard InChI is InChI=1S/C21H23N5O3S/c27-21(24-19-6-7-20(23-14-19)25-13-10-22-16-25)18-8-11-26(12-9-18)30(28,29)15-17-4-2-1-3-5-17/h1-7,10,13-14,16,18H,8-9,11-12,15H2,(H,24,27). The number of piperidine rings is 1. The topological polar surface area (TPSA) is 97.2 Å². The number of pyridine rings is 1. The molecule has 0 spiro atoms. The summed E-state index contributed by atoms with van der Waals surface area (Å²) in [4.78, 5) is 20.9. The minimum atomic E-state index is -3.39. The van der Waals surface area contributed by atoms with Crippen molar-refractivity contribution in [2.75, 3.05) is 18.4 Å². The molecule has 9 heteroatoms. The predicted octanol–water partition coefficient (Wildman–Crippen LogP) is 2.45. The van der Waals surface area contributed by atoms with Gasteiger partial charge in [0.05, 0.1) is 17.6 Å². The van der Waals surface area contributed by atoms with Crippen molar-refractivity contribution in [3.8, 4) is 5.82 Å². The van der Waals surface area contributed by atoms with Crippen LogP contribution in [0.25, 0.3) is 5.82 Å². The number of benzene rings is 1. The zero-order valence-electron chi connectivity index (χ0n) is 16.4. The highest BCUT2D eigenvalue weighted by atomic mass is 32.2. The van der Waals surface area contributed by atoms with Gasteiger partial charge in [0.25, 0.3) is 0 Å². The molecule has 0 aliphatic carbocycles. The van der Waals surface area contributed by atoms with Gasteiger partial charge in [-0.15, -0.1) is 0 Å². The van der Waals surface area contributed by atoms with Crippen molar-refractivity contribution >= 4 is 21.6 Å². The molecule has 3 heterocycles. The normalized spacial score (nSPS) is 15.7. The summed E-state index contributed by atoms with van der Waals surface area (Å²) in [6.45, 7) is 0.705. The molecular formula is C21H23N5O3S. The van der Waals surface area contributed by atoms with Crippen LogP contribution in [0.3, 0.4) is 0 Å². The molecule has 3 aromatic rings. The summed E-state index contributed by atoms with van der Waals surface area (Å²) in [5.41, 5.74) is 1.38. The van der Waals surface area contributed by atoms with Crippen molar-refractivity contribution in [1.82, 2.24) is 18.8 Å². The fraction of sp³-hybridized carbons (Fsp3) is 0.286. The highest BCUT2D eigenvalue weighted by molar-refractivity contribution is 7.88. The molecule has 1 aliphatic heterocycles. The second kappa shape index (κ2) is 8.76. The van der Waals surface area contributed by atoms with E-state index in [4.69, 9.17) is 0 Å². The van der Waals surface area contributed by atoms with E-state index >= 15 is 0 Å². The van der Waals surface area contributed by atoms with Crippen LogP contribution < -0.4 is 5.32 Å². The molecule has 1 amide bonds. The van der Waals surface area contributed by atoms with Gasteiger partial charge in [-0.3, -0.25) is 9.36 Å². The number of hydrogen-bond acceptors (Lipinski definition) is 5. The molecule has 0 saturated carbocycles. The third-order valence-corrected chi connectivity index (χ3v) is 7.04. The SMILES string of the molecule is O=C(Nc1ccc(-n2ccnc2)nc1)C1CCN(S(=O)(=O)Cc2ccccc2)CC1. The van der Waals surface area contributed by atoms with Gasteiger partial charge in [-0.1, -0.05) is 30.3 Å². The minimum absolute atomic E-state index is 0.0142. The van der Waals surface area contributed by atoms with Crippen LogP contribution in [0.4, 0.5) is 5.69 Å². The Morgan fingerprint density at radius 1 is 1.10 bits per heavy atom. The third kappa shape index (κ3) is 4.74. The molecule has 4 rings (SSSR count). The molecule has 1 aromatic carbocycles. The number of nitrogens with one attached hydrogen (secondary N) is 1. The Morgan fingerprint density at radius 3 is 2.50 bits per heavy atom. The molecule has 30 heavy (non-hydrogen) atoms. The molecule has 0 radical (unpaired) electrons. The Bertz CT molecular complexity index is 1080. The summed E-state index contributed by atoms with van der Waals surface area (Å²) >= 11 is 0. The maximum absolute atomic E-state index is 12.7. The van der Waals surface area contributed by atoms with Gasteiger partial charge >= 0.3 is 0 Å². The largest absolute Gasteiger partial charge is 0.324 e. The molecule has 1 fully saturated rings. The first kappa shape index (κ1) is 20.2. The number of aromatic nitrogens is 3. The molecule has 1 N–H and O–H groups in total. The number of sulfonamides is 1. The predicted molar refractivity (Wildman–Crippen MR) is 113 cm³/mol. The molecule has 8 nitrogen and oxygen atoms in total. The van der Waals surface area contributed by atoms with E-state index in [0.29, 0.717) is 37.4 Å². The van der Waals surface area contributed by atoms with Gasteiger partial charge in [0.2, 0.25) is 15.9 Å². The van der Waals surface area contributed by atoms with Gasteiger partial charge < -0.3 is 5.32 Å². The highest BCUT2D eigenvalue weighted by Crippen LogP contribution is 2.23. The van der Waals surface area contributed by atoms with Crippen molar-refractivity contribution in [3.05, 3.63) is 72.9 Å². The Hall–Kier alpha value is -3.04. The summed E-state index contributed by atoms with van der Waals surface area (Å²) in [6.07, 6.45) is 7.72. The molecular weight excluding hydrogens is 402 g/mol. The van der Waals surface area contributed by atoms with Crippen LogP contribution in [-0.2, 0) is 20.6 Å². The lowest BCUT2D eigenvalue weighted by atomic mass is 9.97. The maximum Gasteiger partial charge on any atom is 0.227 e. The average molecular weight is 426 g/mol. The average Bonchev–Trinajstić information content (AvgIpc) is 3.30. The van der Waals surface area contributed by atoms with Crippen molar-refractivity contribution < 1.29 is 13.2 Å². The molecule has 0 bridgehead atoms. The van der Waals surface area contributed by atoms with Crippen LogP contribution in [0.1, 0.15) is 18.4 Å². The van der Waals surface area contributed by atoms with Gasteiger partial charge in [0.1, 0.15) is 12.1 Å². The minimum Gasteiger partial charge on any atom is -0.324 e. The van der Waals surface area contributed by atoms with Crippen molar-refractivity contribution in [3.63, 3.8) is 0 Å². The summed E-state index contributed by atoms with van der Waals surface area (Å²) in [5.74, 6) is 0.371. The van der Waals surface area contributed by atoms with Crippen LogP contribution >= 0.6 is 0 Å². The zero-order chi connectivity index (χ0) is 21.0. The van der Waals surface area contributed by atoms with Crippen LogP contribution in [0.15, 0.2) is 67.4 Å². The zero-order valence-corrected chi connectivity index (χ0v) is 17.2. The van der Waals surface area contributed by atoms with Gasteiger partial charge in [-0.05, 0) is 30.5 Å². The fourth-order valence-electron chi connectivity index (χ4n) is 3.52. The van der Waals surface area contributed by atoms with E-state index in [-0.39, 0.29) is 17.6 Å². The summed E-state index contributed by atoms with van der Waals surface area (Å²) in [6, 6.07) is 12.7. The lowest BCUT2D eigenvalue weighted by Gasteiger charge is -2.30. The number of rotatable bonds is 6. The number of carbonyl (C=O) groups is 1. The molecule has 0 unspecified atom stereocenters. The second-order valence-electron chi connectivity index (χ2n) is 7.28. The summed E-state index contributed by atoms with van der Waals surface area (Å²) < 4.78 is 28.6.